The topological polar surface area (TPSA) is 112 Å². The largest absolute Gasteiger partial charge is 0.493 e. The first kappa shape index (κ1) is 26.9. The molecule has 194 valence electrons. The van der Waals surface area contributed by atoms with Gasteiger partial charge in [-0.3, -0.25) is 0 Å². The molecule has 10 nitrogen and oxygen atoms in total. The molecule has 0 radical (unpaired) electrons. The summed E-state index contributed by atoms with van der Waals surface area (Å²) in [5.41, 5.74) is 0. The molecule has 0 amide bonds. The normalized spacial score (nSPS) is 17.4. The number of rotatable bonds is 8. The SMILES string of the molecule is COc1ccc(S(=O)(=O)N2CCN(S(=O)(=O)c3ccc(OC)c(OC)c3)CC(F)(F)C2)cc1OC. The van der Waals surface area contributed by atoms with Gasteiger partial charge < -0.3 is 18.9 Å². The Morgan fingerprint density at radius 2 is 1.00 bits per heavy atom. The maximum atomic E-state index is 14.9. The Bertz CT molecular complexity index is 1190. The van der Waals surface area contributed by atoms with Crippen LogP contribution in [0.2, 0.25) is 0 Å². The van der Waals surface area contributed by atoms with E-state index in [1.165, 1.54) is 52.7 Å². The van der Waals surface area contributed by atoms with Crippen molar-refractivity contribution in [3.05, 3.63) is 36.4 Å². The lowest BCUT2D eigenvalue weighted by Crippen LogP contribution is -2.42. The first-order valence-electron chi connectivity index (χ1n) is 10.2. The van der Waals surface area contributed by atoms with E-state index < -0.39 is 52.1 Å². The van der Waals surface area contributed by atoms with E-state index in [0.29, 0.717) is 8.61 Å². The molecule has 3 rings (SSSR count). The van der Waals surface area contributed by atoms with Gasteiger partial charge in [-0.05, 0) is 24.3 Å². The summed E-state index contributed by atoms with van der Waals surface area (Å²) in [6.45, 7) is -3.36. The van der Waals surface area contributed by atoms with Crippen molar-refractivity contribution >= 4 is 20.0 Å². The van der Waals surface area contributed by atoms with Crippen LogP contribution in [0, 0.1) is 0 Å². The van der Waals surface area contributed by atoms with Crippen LogP contribution >= 0.6 is 0 Å². The molecule has 0 unspecified atom stereocenters. The third-order valence-electron chi connectivity index (χ3n) is 5.40. The van der Waals surface area contributed by atoms with E-state index in [0.717, 1.165) is 12.1 Å². The van der Waals surface area contributed by atoms with Crippen molar-refractivity contribution in [2.75, 3.05) is 54.6 Å². The predicted octanol–water partition coefficient (Wildman–Crippen LogP) is 2.05. The fraction of sp³-hybridized carbons (Fsp3) is 0.429. The van der Waals surface area contributed by atoms with Crippen LogP contribution in [0.3, 0.4) is 0 Å². The summed E-state index contributed by atoms with van der Waals surface area (Å²) in [6.07, 6.45) is 0. The van der Waals surface area contributed by atoms with Crippen molar-refractivity contribution in [3.8, 4) is 23.0 Å². The number of alkyl halides is 2. The zero-order chi connectivity index (χ0) is 26.0. The second-order valence-corrected chi connectivity index (χ2v) is 11.4. The van der Waals surface area contributed by atoms with Gasteiger partial charge in [0.05, 0.1) is 51.3 Å². The number of hydrogen-bond acceptors (Lipinski definition) is 8. The van der Waals surface area contributed by atoms with Gasteiger partial charge in [0.2, 0.25) is 20.0 Å². The minimum absolute atomic E-state index is 0.104. The first-order valence-corrected chi connectivity index (χ1v) is 13.1. The van der Waals surface area contributed by atoms with Crippen molar-refractivity contribution in [1.82, 2.24) is 8.61 Å². The number of hydrogen-bond donors (Lipinski definition) is 0. The maximum Gasteiger partial charge on any atom is 0.275 e. The third kappa shape index (κ3) is 5.44. The Morgan fingerprint density at radius 3 is 1.31 bits per heavy atom. The molecule has 2 aromatic rings. The van der Waals surface area contributed by atoms with E-state index in [1.807, 2.05) is 0 Å². The second kappa shape index (κ2) is 10.1. The molecule has 0 atom stereocenters. The van der Waals surface area contributed by atoms with Crippen molar-refractivity contribution in [1.29, 1.82) is 0 Å². The minimum Gasteiger partial charge on any atom is -0.493 e. The molecule has 2 aromatic carbocycles. The predicted molar refractivity (Wildman–Crippen MR) is 122 cm³/mol. The number of methoxy groups -OCH3 is 4. The van der Waals surface area contributed by atoms with Crippen molar-refractivity contribution < 1.29 is 44.6 Å². The van der Waals surface area contributed by atoms with E-state index in [-0.39, 0.29) is 32.8 Å². The third-order valence-corrected chi connectivity index (χ3v) is 9.08. The average Bonchev–Trinajstić information content (AvgIpc) is 3.01. The lowest BCUT2D eigenvalue weighted by Gasteiger charge is -2.24. The summed E-state index contributed by atoms with van der Waals surface area (Å²) in [6, 6.07) is 7.42. The molecule has 1 fully saturated rings. The highest BCUT2D eigenvalue weighted by molar-refractivity contribution is 7.89. The van der Waals surface area contributed by atoms with E-state index in [9.17, 15) is 25.6 Å². The molecule has 0 N–H and O–H groups in total. The molecule has 0 aliphatic carbocycles. The number of benzene rings is 2. The van der Waals surface area contributed by atoms with Gasteiger partial charge >= 0.3 is 0 Å². The van der Waals surface area contributed by atoms with E-state index >= 15 is 0 Å². The molecular weight excluding hydrogens is 510 g/mol. The quantitative estimate of drug-likeness (QED) is 0.504. The van der Waals surface area contributed by atoms with Crippen LogP contribution in [0.4, 0.5) is 8.78 Å². The van der Waals surface area contributed by atoms with Crippen LogP contribution in [0.1, 0.15) is 0 Å². The number of nitrogens with zero attached hydrogens (tertiary/aromatic N) is 2. The fourth-order valence-corrected chi connectivity index (χ4v) is 6.56. The van der Waals surface area contributed by atoms with Crippen LogP contribution in [-0.2, 0) is 20.0 Å². The summed E-state index contributed by atoms with van der Waals surface area (Å²) >= 11 is 0. The lowest BCUT2D eigenvalue weighted by atomic mass is 10.3. The fourth-order valence-electron chi connectivity index (χ4n) is 3.61. The van der Waals surface area contributed by atoms with Crippen molar-refractivity contribution in [2.24, 2.45) is 0 Å². The first-order chi connectivity index (χ1) is 16.4. The Morgan fingerprint density at radius 1 is 0.657 bits per heavy atom. The summed E-state index contributed by atoms with van der Waals surface area (Å²) in [5.74, 6) is -2.93. The molecule has 0 spiro atoms. The van der Waals surface area contributed by atoms with Gasteiger partial charge in [-0.2, -0.15) is 8.61 Å². The molecule has 14 heteroatoms. The highest BCUT2D eigenvalue weighted by Crippen LogP contribution is 2.34. The molecule has 1 saturated heterocycles. The molecule has 0 aromatic heterocycles. The van der Waals surface area contributed by atoms with Crippen LogP contribution in [0.25, 0.3) is 0 Å². The van der Waals surface area contributed by atoms with Gasteiger partial charge in [0.1, 0.15) is 0 Å². The van der Waals surface area contributed by atoms with Crippen molar-refractivity contribution in [2.45, 2.75) is 15.7 Å². The smallest absolute Gasteiger partial charge is 0.275 e. The Hall–Kier alpha value is -2.68. The standard InChI is InChI=1S/C21H26F2N2O8S2/c1-30-17-7-5-15(11-19(17)32-3)34(26,27)24-9-10-25(14-21(22,23)13-24)35(28,29)16-6-8-18(31-2)20(12-16)33-4/h5-8,11-12H,9-10,13-14H2,1-4H3. The molecule has 0 saturated carbocycles. The summed E-state index contributed by atoms with van der Waals surface area (Å²) in [5, 5.41) is 0. The molecule has 0 bridgehead atoms. The molecular formula is C21H26F2N2O8S2. The minimum atomic E-state index is -4.41. The summed E-state index contributed by atoms with van der Waals surface area (Å²) in [7, 11) is -3.45. The van der Waals surface area contributed by atoms with Crippen LogP contribution in [0.15, 0.2) is 46.2 Å². The molecule has 1 aliphatic rings. The molecule has 1 heterocycles. The maximum absolute atomic E-state index is 14.9. The lowest BCUT2D eigenvalue weighted by molar-refractivity contribution is -0.0155. The zero-order valence-electron chi connectivity index (χ0n) is 19.5. The van der Waals surface area contributed by atoms with Gasteiger partial charge in [0.15, 0.2) is 23.0 Å². The summed E-state index contributed by atoms with van der Waals surface area (Å²) < 4.78 is 104. The number of ether oxygens (including phenoxy) is 4. The Labute approximate surface area is 203 Å². The molecule has 35 heavy (non-hydrogen) atoms. The van der Waals surface area contributed by atoms with Gasteiger partial charge in [-0.1, -0.05) is 0 Å². The van der Waals surface area contributed by atoms with Crippen LogP contribution < -0.4 is 18.9 Å². The number of halogens is 2. The Kier molecular flexibility index (Phi) is 7.79. The number of sulfonamides is 2. The van der Waals surface area contributed by atoms with E-state index in [4.69, 9.17) is 18.9 Å². The average molecular weight is 537 g/mol. The van der Waals surface area contributed by atoms with Crippen molar-refractivity contribution in [3.63, 3.8) is 0 Å². The van der Waals surface area contributed by atoms with Gasteiger partial charge in [-0.15, -0.1) is 0 Å². The van der Waals surface area contributed by atoms with Gasteiger partial charge in [0.25, 0.3) is 5.92 Å². The van der Waals surface area contributed by atoms with Crippen LogP contribution in [-0.4, -0.2) is 86.0 Å². The molecule has 1 aliphatic heterocycles. The monoisotopic (exact) mass is 536 g/mol. The highest BCUT2D eigenvalue weighted by atomic mass is 32.2. The highest BCUT2D eigenvalue weighted by Gasteiger charge is 2.45. The van der Waals surface area contributed by atoms with Gasteiger partial charge in [-0.25, -0.2) is 25.6 Å². The summed E-state index contributed by atoms with van der Waals surface area (Å²) in [4.78, 5) is -0.579. The second-order valence-electron chi connectivity index (χ2n) is 7.57. The van der Waals surface area contributed by atoms with E-state index in [2.05, 4.69) is 0 Å². The van der Waals surface area contributed by atoms with E-state index in [1.54, 1.807) is 0 Å². The van der Waals surface area contributed by atoms with Gasteiger partial charge in [0, 0.05) is 25.2 Å². The zero-order valence-corrected chi connectivity index (χ0v) is 21.2. The Balaban J connectivity index is 1.94. The van der Waals surface area contributed by atoms with Crippen LogP contribution in [0.5, 0.6) is 23.0 Å².